The quantitative estimate of drug-likeness (QED) is 0.753. The molecule has 2 fully saturated rings. The Kier molecular flexibility index (Phi) is 5.35. The largest absolute Gasteiger partial charge is 0.401 e. The van der Waals surface area contributed by atoms with E-state index in [-0.39, 0.29) is 5.41 Å². The second-order valence-corrected chi connectivity index (χ2v) is 6.86. The van der Waals surface area contributed by atoms with Gasteiger partial charge >= 0.3 is 6.18 Å². The van der Waals surface area contributed by atoms with Crippen LogP contribution < -0.4 is 5.32 Å². The molecule has 0 amide bonds. The second kappa shape index (κ2) is 6.65. The van der Waals surface area contributed by atoms with E-state index < -0.39 is 12.7 Å². The SMILES string of the molecule is CN(CC(F)(F)F)CC1(CNC2CC2)CCCCCC1. The Labute approximate surface area is 120 Å². The summed E-state index contributed by atoms with van der Waals surface area (Å²) in [4.78, 5) is 1.47. The number of hydrogen-bond acceptors (Lipinski definition) is 2. The predicted molar refractivity (Wildman–Crippen MR) is 74.7 cm³/mol. The van der Waals surface area contributed by atoms with Gasteiger partial charge in [-0.25, -0.2) is 0 Å². The first-order chi connectivity index (χ1) is 9.39. The lowest BCUT2D eigenvalue weighted by molar-refractivity contribution is -0.146. The van der Waals surface area contributed by atoms with E-state index in [1.165, 1.54) is 30.6 Å². The van der Waals surface area contributed by atoms with Crippen LogP contribution in [0.1, 0.15) is 51.4 Å². The third-order valence-corrected chi connectivity index (χ3v) is 4.56. The van der Waals surface area contributed by atoms with Gasteiger partial charge in [0.1, 0.15) is 0 Å². The van der Waals surface area contributed by atoms with Crippen LogP contribution in [-0.2, 0) is 0 Å². The molecule has 0 aromatic rings. The van der Waals surface area contributed by atoms with E-state index in [2.05, 4.69) is 5.32 Å². The minimum absolute atomic E-state index is 0.0408. The van der Waals surface area contributed by atoms with E-state index >= 15 is 0 Å². The monoisotopic (exact) mass is 292 g/mol. The number of alkyl halides is 3. The summed E-state index contributed by atoms with van der Waals surface area (Å²) in [5, 5.41) is 3.56. The number of rotatable bonds is 6. The maximum Gasteiger partial charge on any atom is 0.401 e. The third kappa shape index (κ3) is 5.60. The first-order valence-electron chi connectivity index (χ1n) is 7.87. The molecule has 1 N–H and O–H groups in total. The van der Waals surface area contributed by atoms with E-state index in [1.807, 2.05) is 0 Å². The summed E-state index contributed by atoms with van der Waals surface area (Å²) in [5.74, 6) is 0. The zero-order valence-corrected chi connectivity index (χ0v) is 12.4. The highest BCUT2D eigenvalue weighted by molar-refractivity contribution is 4.90. The van der Waals surface area contributed by atoms with Crippen molar-refractivity contribution in [1.82, 2.24) is 10.2 Å². The zero-order valence-electron chi connectivity index (χ0n) is 12.4. The van der Waals surface area contributed by atoms with Crippen molar-refractivity contribution >= 4 is 0 Å². The van der Waals surface area contributed by atoms with Gasteiger partial charge in [-0.05, 0) is 38.1 Å². The fraction of sp³-hybridized carbons (Fsp3) is 1.00. The molecule has 2 saturated carbocycles. The summed E-state index contributed by atoms with van der Waals surface area (Å²) < 4.78 is 37.6. The second-order valence-electron chi connectivity index (χ2n) is 6.86. The predicted octanol–water partition coefficient (Wildman–Crippen LogP) is 3.57. The van der Waals surface area contributed by atoms with Crippen molar-refractivity contribution in [2.24, 2.45) is 5.41 Å². The van der Waals surface area contributed by atoms with Crippen LogP contribution >= 0.6 is 0 Å². The van der Waals surface area contributed by atoms with Crippen molar-refractivity contribution in [3.63, 3.8) is 0 Å². The lowest BCUT2D eigenvalue weighted by atomic mass is 9.79. The van der Waals surface area contributed by atoms with Gasteiger partial charge in [-0.15, -0.1) is 0 Å². The van der Waals surface area contributed by atoms with Crippen molar-refractivity contribution in [3.8, 4) is 0 Å². The van der Waals surface area contributed by atoms with Gasteiger partial charge in [0.05, 0.1) is 6.54 Å². The highest BCUT2D eigenvalue weighted by Gasteiger charge is 2.37. The van der Waals surface area contributed by atoms with Crippen molar-refractivity contribution in [1.29, 1.82) is 0 Å². The van der Waals surface area contributed by atoms with E-state index in [4.69, 9.17) is 0 Å². The fourth-order valence-electron chi connectivity index (χ4n) is 3.45. The summed E-state index contributed by atoms with van der Waals surface area (Å²) in [5.41, 5.74) is 0.0408. The molecular formula is C15H27F3N2. The summed E-state index contributed by atoms with van der Waals surface area (Å²) in [6.07, 6.45) is 5.28. The van der Waals surface area contributed by atoms with Crippen molar-refractivity contribution < 1.29 is 13.2 Å². The van der Waals surface area contributed by atoms with Crippen LogP contribution in [0.5, 0.6) is 0 Å². The van der Waals surface area contributed by atoms with Crippen LogP contribution in [0.25, 0.3) is 0 Å². The molecule has 20 heavy (non-hydrogen) atoms. The normalized spacial score (nSPS) is 23.9. The molecule has 118 valence electrons. The molecule has 2 aliphatic rings. The van der Waals surface area contributed by atoms with Gasteiger partial charge in [-0.1, -0.05) is 25.7 Å². The third-order valence-electron chi connectivity index (χ3n) is 4.56. The Morgan fingerprint density at radius 1 is 1.10 bits per heavy atom. The first-order valence-corrected chi connectivity index (χ1v) is 7.87. The highest BCUT2D eigenvalue weighted by Crippen LogP contribution is 2.36. The van der Waals surface area contributed by atoms with E-state index in [0.29, 0.717) is 12.6 Å². The molecule has 0 heterocycles. The smallest absolute Gasteiger partial charge is 0.313 e. The molecule has 0 aromatic carbocycles. The number of halogens is 3. The summed E-state index contributed by atoms with van der Waals surface area (Å²) in [6, 6.07) is 0.628. The van der Waals surface area contributed by atoms with Gasteiger partial charge in [-0.2, -0.15) is 13.2 Å². The zero-order chi connectivity index (χ0) is 14.6. The molecule has 2 aliphatic carbocycles. The molecule has 5 heteroatoms. The maximum atomic E-state index is 12.5. The lowest BCUT2D eigenvalue weighted by Crippen LogP contribution is -2.45. The van der Waals surface area contributed by atoms with Crippen LogP contribution in [0, 0.1) is 5.41 Å². The Hall–Kier alpha value is -0.290. The van der Waals surface area contributed by atoms with E-state index in [9.17, 15) is 13.2 Å². The molecule has 0 bridgehead atoms. The minimum Gasteiger partial charge on any atom is -0.313 e. The standard InChI is InChI=1S/C15H27F3N2/c1-20(12-15(16,17)18)11-14(10-19-13-6-7-13)8-4-2-3-5-9-14/h13,19H,2-12H2,1H3. The highest BCUT2D eigenvalue weighted by atomic mass is 19.4. The molecule has 2 nitrogen and oxygen atoms in total. The van der Waals surface area contributed by atoms with Crippen molar-refractivity contribution in [2.45, 2.75) is 63.6 Å². The van der Waals surface area contributed by atoms with Gasteiger partial charge in [0.25, 0.3) is 0 Å². The van der Waals surface area contributed by atoms with Crippen LogP contribution in [0.15, 0.2) is 0 Å². The number of nitrogens with one attached hydrogen (secondary N) is 1. The lowest BCUT2D eigenvalue weighted by Gasteiger charge is -2.37. The van der Waals surface area contributed by atoms with E-state index in [1.54, 1.807) is 7.05 Å². The van der Waals surface area contributed by atoms with Gasteiger partial charge in [-0.3, -0.25) is 4.90 Å². The molecule has 0 aliphatic heterocycles. The van der Waals surface area contributed by atoms with Crippen LogP contribution in [0.2, 0.25) is 0 Å². The Balaban J connectivity index is 1.92. The number of nitrogens with zero attached hydrogens (tertiary/aromatic N) is 1. The van der Waals surface area contributed by atoms with Gasteiger partial charge < -0.3 is 5.32 Å². The van der Waals surface area contributed by atoms with Crippen LogP contribution in [0.4, 0.5) is 13.2 Å². The Bertz CT molecular complexity index is 292. The topological polar surface area (TPSA) is 15.3 Å². The fourth-order valence-corrected chi connectivity index (χ4v) is 3.45. The summed E-state index contributed by atoms with van der Waals surface area (Å²) in [7, 11) is 1.61. The molecule has 0 aromatic heterocycles. The Morgan fingerprint density at radius 2 is 1.70 bits per heavy atom. The molecular weight excluding hydrogens is 265 g/mol. The first kappa shape index (κ1) is 16.1. The molecule has 0 saturated heterocycles. The van der Waals surface area contributed by atoms with Crippen LogP contribution in [0.3, 0.4) is 0 Å². The average Bonchev–Trinajstić information content (AvgIpc) is 3.11. The molecule has 0 radical (unpaired) electrons. The minimum atomic E-state index is -4.09. The maximum absolute atomic E-state index is 12.5. The molecule has 2 rings (SSSR count). The molecule has 0 spiro atoms. The average molecular weight is 292 g/mol. The van der Waals surface area contributed by atoms with Gasteiger partial charge in [0.2, 0.25) is 0 Å². The van der Waals surface area contributed by atoms with Crippen LogP contribution in [-0.4, -0.2) is 43.8 Å². The number of hydrogen-bond donors (Lipinski definition) is 1. The summed E-state index contributed by atoms with van der Waals surface area (Å²) >= 11 is 0. The molecule has 0 atom stereocenters. The Morgan fingerprint density at radius 3 is 2.20 bits per heavy atom. The van der Waals surface area contributed by atoms with Gasteiger partial charge in [0.15, 0.2) is 0 Å². The van der Waals surface area contributed by atoms with Crippen molar-refractivity contribution in [2.75, 3.05) is 26.7 Å². The van der Waals surface area contributed by atoms with Gasteiger partial charge in [0, 0.05) is 19.1 Å². The van der Waals surface area contributed by atoms with Crippen molar-refractivity contribution in [3.05, 3.63) is 0 Å². The summed E-state index contributed by atoms with van der Waals surface area (Å²) in [6.45, 7) is 0.657. The van der Waals surface area contributed by atoms with E-state index in [0.717, 1.165) is 32.2 Å². The molecule has 0 unspecified atom stereocenters.